The lowest BCUT2D eigenvalue weighted by molar-refractivity contribution is 0.0733. The molecule has 1 amide bonds. The Kier molecular flexibility index (Phi) is 9.89. The second-order valence-electron chi connectivity index (χ2n) is 9.35. The largest absolute Gasteiger partial charge is 0.490 e. The molecular weight excluding hydrogens is 669 g/mol. The third kappa shape index (κ3) is 6.91. The van der Waals surface area contributed by atoms with E-state index in [9.17, 15) is 9.59 Å². The summed E-state index contributed by atoms with van der Waals surface area (Å²) in [6, 6.07) is 22.7. The molecule has 2 N–H and O–H groups in total. The molecule has 0 aliphatic carbocycles. The number of aromatic nitrogens is 1. The van der Waals surface area contributed by atoms with Crippen LogP contribution in [-0.2, 0) is 0 Å². The van der Waals surface area contributed by atoms with Crippen molar-refractivity contribution in [2.75, 3.05) is 13.2 Å². The Morgan fingerprint density at radius 2 is 1.64 bits per heavy atom. The molecule has 0 spiro atoms. The Morgan fingerprint density at radius 1 is 0.909 bits per heavy atom. The van der Waals surface area contributed by atoms with Gasteiger partial charge in [0.2, 0.25) is 0 Å². The van der Waals surface area contributed by atoms with E-state index >= 15 is 0 Å². The van der Waals surface area contributed by atoms with Gasteiger partial charge in [0.25, 0.3) is 5.91 Å². The Bertz CT molecular complexity index is 1880. The van der Waals surface area contributed by atoms with Crippen LogP contribution in [-0.4, -0.2) is 36.3 Å². The van der Waals surface area contributed by atoms with E-state index in [2.05, 4.69) is 31.4 Å². The van der Waals surface area contributed by atoms with Crippen LogP contribution in [0.1, 0.15) is 40.3 Å². The smallest absolute Gasteiger partial charge is 0.343 e. The summed E-state index contributed by atoms with van der Waals surface area (Å²) in [7, 11) is 0. The van der Waals surface area contributed by atoms with E-state index in [1.165, 1.54) is 6.21 Å². The molecule has 0 unspecified atom stereocenters. The monoisotopic (exact) mass is 693 g/mol. The predicted octanol–water partition coefficient (Wildman–Crippen LogP) is 8.68. The minimum absolute atomic E-state index is 0.236. The van der Waals surface area contributed by atoms with Crippen molar-refractivity contribution in [2.24, 2.45) is 5.10 Å². The maximum Gasteiger partial charge on any atom is 0.343 e. The number of hydrogen-bond donors (Lipinski definition) is 2. The van der Waals surface area contributed by atoms with Gasteiger partial charge in [-0.2, -0.15) is 5.10 Å². The van der Waals surface area contributed by atoms with Crippen LogP contribution < -0.4 is 19.6 Å². The van der Waals surface area contributed by atoms with Gasteiger partial charge in [0.1, 0.15) is 11.4 Å². The number of fused-ring (bicyclic) bond motifs is 1. The van der Waals surface area contributed by atoms with Crippen molar-refractivity contribution in [3.8, 4) is 28.4 Å². The standard InChI is InChI=1S/C33H26BrCl2N3O5/c1-3-42-27-12-10-20(15-28(27)43-4-2)33(41)44-26-13-11-22(34)14-21(26)18-37-39-32(40)31-29(19-8-6-5-7-9-19)24-16-23(35)17-25(36)30(24)38-31/h5-18,38H,3-4H2,1-2H3,(H,39,40). The lowest BCUT2D eigenvalue weighted by Crippen LogP contribution is -2.19. The zero-order chi connectivity index (χ0) is 31.2. The van der Waals surface area contributed by atoms with Crippen LogP contribution in [0.15, 0.2) is 88.4 Å². The molecule has 0 aliphatic heterocycles. The molecule has 1 heterocycles. The summed E-state index contributed by atoms with van der Waals surface area (Å²) in [5.41, 5.74) is 5.55. The van der Waals surface area contributed by atoms with Gasteiger partial charge in [-0.15, -0.1) is 0 Å². The number of aromatic amines is 1. The number of nitrogens with one attached hydrogen (secondary N) is 2. The number of amides is 1. The molecule has 5 aromatic rings. The summed E-state index contributed by atoms with van der Waals surface area (Å²) in [5.74, 6) is 0.111. The summed E-state index contributed by atoms with van der Waals surface area (Å²) in [4.78, 5) is 29.6. The topological polar surface area (TPSA) is 102 Å². The first kappa shape index (κ1) is 31.1. The highest BCUT2D eigenvalue weighted by Gasteiger charge is 2.21. The Labute approximate surface area is 272 Å². The molecule has 0 radical (unpaired) electrons. The molecule has 5 rings (SSSR count). The zero-order valence-electron chi connectivity index (χ0n) is 23.6. The number of benzene rings is 4. The maximum absolute atomic E-state index is 13.4. The van der Waals surface area contributed by atoms with Gasteiger partial charge in [0.05, 0.1) is 35.5 Å². The van der Waals surface area contributed by atoms with Crippen molar-refractivity contribution in [1.29, 1.82) is 0 Å². The molecule has 4 aromatic carbocycles. The Hall–Kier alpha value is -4.31. The van der Waals surface area contributed by atoms with Crippen LogP contribution in [0.3, 0.4) is 0 Å². The van der Waals surface area contributed by atoms with E-state index < -0.39 is 11.9 Å². The number of halogens is 3. The number of ether oxygens (including phenoxy) is 3. The molecule has 1 aromatic heterocycles. The van der Waals surface area contributed by atoms with Crippen molar-refractivity contribution >= 4 is 68.1 Å². The van der Waals surface area contributed by atoms with E-state index in [1.54, 1.807) is 48.5 Å². The summed E-state index contributed by atoms with van der Waals surface area (Å²) in [6.45, 7) is 4.57. The van der Waals surface area contributed by atoms with E-state index in [4.69, 9.17) is 37.4 Å². The van der Waals surface area contributed by atoms with Crippen molar-refractivity contribution in [3.63, 3.8) is 0 Å². The number of carbonyl (C=O) groups is 2. The molecule has 0 aliphatic rings. The van der Waals surface area contributed by atoms with Gasteiger partial charge in [0.15, 0.2) is 11.5 Å². The van der Waals surface area contributed by atoms with Crippen molar-refractivity contribution in [1.82, 2.24) is 10.4 Å². The number of hydrogen-bond acceptors (Lipinski definition) is 6. The maximum atomic E-state index is 13.4. The summed E-state index contributed by atoms with van der Waals surface area (Å²) < 4.78 is 17.6. The van der Waals surface area contributed by atoms with Crippen molar-refractivity contribution < 1.29 is 23.8 Å². The van der Waals surface area contributed by atoms with Gasteiger partial charge in [-0.1, -0.05) is 69.5 Å². The van der Waals surface area contributed by atoms with Gasteiger partial charge in [-0.05, 0) is 67.9 Å². The van der Waals surface area contributed by atoms with E-state index in [0.29, 0.717) is 56.8 Å². The molecule has 0 saturated heterocycles. The van der Waals surface area contributed by atoms with E-state index in [0.717, 1.165) is 10.0 Å². The molecule has 0 saturated carbocycles. The molecule has 44 heavy (non-hydrogen) atoms. The number of carbonyl (C=O) groups excluding carboxylic acids is 2. The highest BCUT2D eigenvalue weighted by atomic mass is 79.9. The fourth-order valence-electron chi connectivity index (χ4n) is 4.56. The summed E-state index contributed by atoms with van der Waals surface area (Å²) in [5, 5.41) is 5.69. The molecule has 0 atom stereocenters. The van der Waals surface area contributed by atoms with Gasteiger partial charge in [-0.3, -0.25) is 4.79 Å². The SMILES string of the molecule is CCOc1ccc(C(=O)Oc2ccc(Br)cc2C=NNC(=O)c2[nH]c3c(Cl)cc(Cl)cc3c2-c2ccccc2)cc1OCC. The summed E-state index contributed by atoms with van der Waals surface area (Å²) in [6.07, 6.45) is 1.39. The van der Waals surface area contributed by atoms with Crippen molar-refractivity contribution in [2.45, 2.75) is 13.8 Å². The van der Waals surface area contributed by atoms with E-state index in [-0.39, 0.29) is 17.0 Å². The fourth-order valence-corrected chi connectivity index (χ4v) is 5.48. The zero-order valence-corrected chi connectivity index (χ0v) is 26.7. The van der Waals surface area contributed by atoms with Crippen LogP contribution >= 0.6 is 39.1 Å². The van der Waals surface area contributed by atoms with Crippen LogP contribution in [0.4, 0.5) is 0 Å². The minimum Gasteiger partial charge on any atom is -0.490 e. The van der Waals surface area contributed by atoms with Crippen LogP contribution in [0.2, 0.25) is 10.0 Å². The first-order valence-electron chi connectivity index (χ1n) is 13.6. The van der Waals surface area contributed by atoms with Crippen molar-refractivity contribution in [3.05, 3.63) is 110 Å². The quantitative estimate of drug-likeness (QED) is 0.0659. The predicted molar refractivity (Wildman–Crippen MR) is 177 cm³/mol. The first-order valence-corrected chi connectivity index (χ1v) is 15.1. The number of hydrazone groups is 1. The lowest BCUT2D eigenvalue weighted by atomic mass is 10.0. The fraction of sp³-hybridized carbons (Fsp3) is 0.121. The molecule has 0 bridgehead atoms. The third-order valence-electron chi connectivity index (χ3n) is 6.44. The number of esters is 1. The lowest BCUT2D eigenvalue weighted by Gasteiger charge is -2.13. The molecule has 11 heteroatoms. The average molecular weight is 695 g/mol. The van der Waals surface area contributed by atoms with E-state index in [1.807, 2.05) is 44.2 Å². The van der Waals surface area contributed by atoms with Gasteiger partial charge in [0, 0.05) is 26.0 Å². The van der Waals surface area contributed by atoms with Crippen LogP contribution in [0.25, 0.3) is 22.0 Å². The van der Waals surface area contributed by atoms with Crippen LogP contribution in [0.5, 0.6) is 17.2 Å². The molecule has 8 nitrogen and oxygen atoms in total. The third-order valence-corrected chi connectivity index (χ3v) is 7.45. The average Bonchev–Trinajstić information content (AvgIpc) is 3.40. The molecule has 224 valence electrons. The highest BCUT2D eigenvalue weighted by Crippen LogP contribution is 2.37. The molecule has 0 fully saturated rings. The second-order valence-corrected chi connectivity index (χ2v) is 11.1. The van der Waals surface area contributed by atoms with Gasteiger partial charge < -0.3 is 19.2 Å². The minimum atomic E-state index is -0.601. The Balaban J connectivity index is 1.40. The number of nitrogens with zero attached hydrogens (tertiary/aromatic N) is 1. The van der Waals surface area contributed by atoms with Gasteiger partial charge >= 0.3 is 5.97 Å². The second kappa shape index (κ2) is 14.0. The molecular formula is C33H26BrCl2N3O5. The van der Waals surface area contributed by atoms with Gasteiger partial charge in [-0.25, -0.2) is 10.2 Å². The number of H-pyrrole nitrogens is 1. The summed E-state index contributed by atoms with van der Waals surface area (Å²) >= 11 is 16.2. The normalized spacial score (nSPS) is 11.1. The highest BCUT2D eigenvalue weighted by molar-refractivity contribution is 9.10. The number of rotatable bonds is 10. The first-order chi connectivity index (χ1) is 21.3. The Morgan fingerprint density at radius 3 is 2.39 bits per heavy atom. The van der Waals surface area contributed by atoms with Crippen LogP contribution in [0, 0.1) is 0 Å².